The molecule has 25 heavy (non-hydrogen) atoms. The molecule has 0 amide bonds. The van der Waals surface area contributed by atoms with Crippen molar-refractivity contribution >= 4 is 5.97 Å². The van der Waals surface area contributed by atoms with E-state index < -0.39 is 0 Å². The van der Waals surface area contributed by atoms with Crippen LogP contribution in [0, 0.1) is 0 Å². The van der Waals surface area contributed by atoms with E-state index in [-0.39, 0.29) is 12.1 Å². The molecular formula is C21H27NO3. The van der Waals surface area contributed by atoms with Crippen LogP contribution in [0.3, 0.4) is 0 Å². The molecule has 0 saturated carbocycles. The van der Waals surface area contributed by atoms with Crippen molar-refractivity contribution in [2.24, 2.45) is 0 Å². The van der Waals surface area contributed by atoms with Gasteiger partial charge in [-0.05, 0) is 49.8 Å². The number of ether oxygens (including phenoxy) is 2. The van der Waals surface area contributed by atoms with Crippen LogP contribution < -0.4 is 9.47 Å². The van der Waals surface area contributed by atoms with E-state index in [0.29, 0.717) is 5.75 Å². The second kappa shape index (κ2) is 9.23. The van der Waals surface area contributed by atoms with Crippen LogP contribution in [0.4, 0.5) is 0 Å². The van der Waals surface area contributed by atoms with Gasteiger partial charge in [-0.15, -0.1) is 0 Å². The van der Waals surface area contributed by atoms with Crippen molar-refractivity contribution in [1.29, 1.82) is 0 Å². The second-order valence-electron chi connectivity index (χ2n) is 6.33. The maximum atomic E-state index is 11.2. The Labute approximate surface area is 150 Å². The highest BCUT2D eigenvalue weighted by atomic mass is 16.5. The lowest BCUT2D eigenvalue weighted by atomic mass is 10.1. The minimum Gasteiger partial charge on any atom is -0.485 e. The number of nitrogens with zero attached hydrogens (tertiary/aromatic N) is 1. The highest BCUT2D eigenvalue weighted by Crippen LogP contribution is 2.30. The van der Waals surface area contributed by atoms with Gasteiger partial charge in [0.2, 0.25) is 0 Å². The zero-order valence-electron chi connectivity index (χ0n) is 15.5. The van der Waals surface area contributed by atoms with Crippen LogP contribution in [0.2, 0.25) is 0 Å². The quantitative estimate of drug-likeness (QED) is 0.531. The molecule has 4 nitrogen and oxygen atoms in total. The van der Waals surface area contributed by atoms with E-state index in [1.807, 2.05) is 30.3 Å². The Balaban J connectivity index is 2.23. The fourth-order valence-corrected chi connectivity index (χ4v) is 2.67. The summed E-state index contributed by atoms with van der Waals surface area (Å²) in [5.74, 6) is 1.08. The van der Waals surface area contributed by atoms with Crippen molar-refractivity contribution in [2.75, 3.05) is 20.6 Å². The van der Waals surface area contributed by atoms with E-state index in [1.165, 1.54) is 6.92 Å². The zero-order valence-corrected chi connectivity index (χ0v) is 15.5. The first-order chi connectivity index (χ1) is 12.0. The van der Waals surface area contributed by atoms with Gasteiger partial charge in [-0.3, -0.25) is 4.79 Å². The molecule has 0 N–H and O–H groups in total. The number of hydrogen-bond acceptors (Lipinski definition) is 4. The van der Waals surface area contributed by atoms with E-state index >= 15 is 0 Å². The summed E-state index contributed by atoms with van der Waals surface area (Å²) in [5, 5.41) is 0. The van der Waals surface area contributed by atoms with Crippen molar-refractivity contribution < 1.29 is 14.3 Å². The predicted octanol–water partition coefficient (Wildman–Crippen LogP) is 4.25. The number of carbonyl (C=O) groups is 1. The van der Waals surface area contributed by atoms with E-state index in [9.17, 15) is 4.79 Å². The highest BCUT2D eigenvalue weighted by molar-refractivity contribution is 5.69. The summed E-state index contributed by atoms with van der Waals surface area (Å²) in [6.45, 7) is 4.41. The van der Waals surface area contributed by atoms with Gasteiger partial charge < -0.3 is 14.4 Å². The van der Waals surface area contributed by atoms with Gasteiger partial charge in [-0.25, -0.2) is 0 Å². The lowest BCUT2D eigenvalue weighted by Gasteiger charge is -2.23. The first kappa shape index (κ1) is 19.0. The molecule has 0 aliphatic heterocycles. The number of aryl methyl sites for hydroxylation is 1. The molecule has 0 aliphatic rings. The summed E-state index contributed by atoms with van der Waals surface area (Å²) >= 11 is 0. The Hall–Kier alpha value is -2.33. The van der Waals surface area contributed by atoms with Gasteiger partial charge >= 0.3 is 5.97 Å². The van der Waals surface area contributed by atoms with Crippen LogP contribution in [-0.4, -0.2) is 31.5 Å². The lowest BCUT2D eigenvalue weighted by molar-refractivity contribution is -0.131. The molecule has 0 spiro atoms. The molecule has 0 aliphatic carbocycles. The molecule has 0 fully saturated rings. The first-order valence-corrected chi connectivity index (χ1v) is 8.67. The summed E-state index contributed by atoms with van der Waals surface area (Å²) in [7, 11) is 4.13. The van der Waals surface area contributed by atoms with Gasteiger partial charge in [0.15, 0.2) is 0 Å². The monoisotopic (exact) mass is 341 g/mol. The summed E-state index contributed by atoms with van der Waals surface area (Å²) in [6, 6.07) is 15.8. The van der Waals surface area contributed by atoms with Crippen LogP contribution in [0.15, 0.2) is 48.5 Å². The maximum Gasteiger partial charge on any atom is 0.308 e. The van der Waals surface area contributed by atoms with E-state index in [0.717, 1.165) is 36.3 Å². The Kier molecular flexibility index (Phi) is 7.02. The molecule has 2 aromatic rings. The Morgan fingerprint density at radius 3 is 2.44 bits per heavy atom. The molecule has 2 aromatic carbocycles. The third-order valence-corrected chi connectivity index (χ3v) is 3.95. The van der Waals surface area contributed by atoms with Crippen LogP contribution in [0.5, 0.6) is 11.5 Å². The predicted molar refractivity (Wildman–Crippen MR) is 100 cm³/mol. The third kappa shape index (κ3) is 5.91. The van der Waals surface area contributed by atoms with Crippen LogP contribution in [0.1, 0.15) is 37.5 Å². The molecule has 2 rings (SSSR count). The fraction of sp³-hybridized carbons (Fsp3) is 0.381. The molecule has 0 bridgehead atoms. The van der Waals surface area contributed by atoms with Crippen LogP contribution in [-0.2, 0) is 11.2 Å². The fourth-order valence-electron chi connectivity index (χ4n) is 2.67. The Morgan fingerprint density at radius 1 is 1.12 bits per heavy atom. The minimum absolute atomic E-state index is 0.0199. The normalized spacial score (nSPS) is 12.0. The molecule has 1 atom stereocenters. The second-order valence-corrected chi connectivity index (χ2v) is 6.33. The number of carbonyl (C=O) groups excluding carboxylic acids is 1. The summed E-state index contributed by atoms with van der Waals surface area (Å²) in [5.41, 5.74) is 2.19. The third-order valence-electron chi connectivity index (χ3n) is 3.95. The standard InChI is InChI=1S/C21H27NO3/c1-5-17-15-19(24-16(2)23)11-12-20(17)25-21(13-14-22(3)4)18-9-7-6-8-10-18/h6-12,15,21H,5,13-14H2,1-4H3/t21-/m1/s1. The smallest absolute Gasteiger partial charge is 0.308 e. The van der Waals surface area contributed by atoms with Crippen molar-refractivity contribution in [3.8, 4) is 11.5 Å². The summed E-state index contributed by atoms with van der Waals surface area (Å²) in [6.07, 6.45) is 1.68. The molecule has 0 unspecified atom stereocenters. The average molecular weight is 341 g/mol. The number of esters is 1. The van der Waals surface area contributed by atoms with Crippen molar-refractivity contribution in [3.63, 3.8) is 0 Å². The Bertz CT molecular complexity index is 683. The van der Waals surface area contributed by atoms with Gasteiger partial charge in [0.05, 0.1) is 0 Å². The van der Waals surface area contributed by atoms with Gasteiger partial charge in [0, 0.05) is 19.9 Å². The van der Waals surface area contributed by atoms with Crippen molar-refractivity contribution in [2.45, 2.75) is 32.8 Å². The maximum absolute atomic E-state index is 11.2. The molecule has 4 heteroatoms. The van der Waals surface area contributed by atoms with Gasteiger partial charge in [0.25, 0.3) is 0 Å². The zero-order chi connectivity index (χ0) is 18.2. The van der Waals surface area contributed by atoms with Gasteiger partial charge in [-0.1, -0.05) is 37.3 Å². The molecule has 0 saturated heterocycles. The Morgan fingerprint density at radius 2 is 1.84 bits per heavy atom. The minimum atomic E-state index is -0.316. The highest BCUT2D eigenvalue weighted by Gasteiger charge is 2.16. The van der Waals surface area contributed by atoms with Gasteiger partial charge in [-0.2, -0.15) is 0 Å². The average Bonchev–Trinajstić information content (AvgIpc) is 2.59. The summed E-state index contributed by atoms with van der Waals surface area (Å²) < 4.78 is 11.5. The molecular weight excluding hydrogens is 314 g/mol. The van der Waals surface area contributed by atoms with Crippen molar-refractivity contribution in [1.82, 2.24) is 4.90 Å². The van der Waals surface area contributed by atoms with Gasteiger partial charge in [0.1, 0.15) is 17.6 Å². The number of benzene rings is 2. The molecule has 0 heterocycles. The molecule has 0 radical (unpaired) electrons. The van der Waals surface area contributed by atoms with E-state index in [1.54, 1.807) is 6.07 Å². The molecule has 134 valence electrons. The number of hydrogen-bond donors (Lipinski definition) is 0. The molecule has 0 aromatic heterocycles. The van der Waals surface area contributed by atoms with E-state index in [4.69, 9.17) is 9.47 Å². The summed E-state index contributed by atoms with van der Waals surface area (Å²) in [4.78, 5) is 13.3. The largest absolute Gasteiger partial charge is 0.485 e. The topological polar surface area (TPSA) is 38.8 Å². The van der Waals surface area contributed by atoms with E-state index in [2.05, 4.69) is 38.1 Å². The number of rotatable bonds is 8. The van der Waals surface area contributed by atoms with Crippen LogP contribution in [0.25, 0.3) is 0 Å². The SMILES string of the molecule is CCc1cc(OC(C)=O)ccc1O[C@H](CCN(C)C)c1ccccc1. The first-order valence-electron chi connectivity index (χ1n) is 8.67. The van der Waals surface area contributed by atoms with Crippen molar-refractivity contribution in [3.05, 3.63) is 59.7 Å². The van der Waals surface area contributed by atoms with Crippen LogP contribution >= 0.6 is 0 Å². The lowest BCUT2D eigenvalue weighted by Crippen LogP contribution is -2.19.